The monoisotopic (exact) mass is 277 g/mol. The summed E-state index contributed by atoms with van der Waals surface area (Å²) < 4.78 is 2.24. The molecule has 1 N–H and O–H groups in total. The van der Waals surface area contributed by atoms with Gasteiger partial charge in [0.05, 0.1) is 11.7 Å². The molecule has 1 fully saturated rings. The van der Waals surface area contributed by atoms with Crippen LogP contribution < -0.4 is 5.32 Å². The molecule has 1 aliphatic carbocycles. The summed E-state index contributed by atoms with van der Waals surface area (Å²) in [5.41, 5.74) is 1.28. The lowest BCUT2D eigenvalue weighted by atomic mass is 9.96. The third kappa shape index (κ3) is 4.62. The zero-order chi connectivity index (χ0) is 14.2. The molecule has 0 spiro atoms. The molecule has 0 radical (unpaired) electrons. The predicted octanol–water partition coefficient (Wildman–Crippen LogP) is 3.96. The Bertz CT molecular complexity index is 366. The van der Waals surface area contributed by atoms with E-state index in [2.05, 4.69) is 36.1 Å². The summed E-state index contributed by atoms with van der Waals surface area (Å²) in [7, 11) is 0. The van der Waals surface area contributed by atoms with Crippen LogP contribution in [0.4, 0.5) is 0 Å². The van der Waals surface area contributed by atoms with Crippen molar-refractivity contribution in [2.45, 2.75) is 71.3 Å². The van der Waals surface area contributed by atoms with Gasteiger partial charge in [-0.15, -0.1) is 0 Å². The van der Waals surface area contributed by atoms with Gasteiger partial charge in [0.1, 0.15) is 0 Å². The van der Waals surface area contributed by atoms with Crippen LogP contribution in [0, 0.1) is 5.92 Å². The van der Waals surface area contributed by atoms with Crippen LogP contribution in [0.15, 0.2) is 12.3 Å². The number of aromatic nitrogens is 2. The van der Waals surface area contributed by atoms with Crippen molar-refractivity contribution >= 4 is 0 Å². The Hall–Kier alpha value is -0.830. The highest BCUT2D eigenvalue weighted by Crippen LogP contribution is 2.27. The van der Waals surface area contributed by atoms with Gasteiger partial charge in [-0.25, -0.2) is 0 Å². The second kappa shape index (κ2) is 8.46. The minimum atomic E-state index is 0.663. The van der Waals surface area contributed by atoms with Crippen LogP contribution in [0.25, 0.3) is 0 Å². The Morgan fingerprint density at radius 2 is 2.10 bits per heavy atom. The van der Waals surface area contributed by atoms with Crippen molar-refractivity contribution in [1.29, 1.82) is 0 Å². The molecular weight excluding hydrogens is 246 g/mol. The molecule has 1 aromatic rings. The standard InChI is InChI=1S/C17H31N3/c1-3-8-15(14-18-4-2)13-16-11-12-20(19-16)17-9-6-5-7-10-17/h11-12,15,17-18H,3-10,13-14H2,1-2H3. The van der Waals surface area contributed by atoms with Gasteiger partial charge >= 0.3 is 0 Å². The van der Waals surface area contributed by atoms with E-state index < -0.39 is 0 Å². The highest BCUT2D eigenvalue weighted by atomic mass is 15.3. The lowest BCUT2D eigenvalue weighted by molar-refractivity contribution is 0.326. The third-order valence-electron chi connectivity index (χ3n) is 4.49. The van der Waals surface area contributed by atoms with Crippen molar-refractivity contribution in [1.82, 2.24) is 15.1 Å². The van der Waals surface area contributed by atoms with Crippen LogP contribution in [0.2, 0.25) is 0 Å². The Kier molecular flexibility index (Phi) is 6.58. The van der Waals surface area contributed by atoms with Gasteiger partial charge in [-0.05, 0) is 50.8 Å². The van der Waals surface area contributed by atoms with Gasteiger partial charge in [0.25, 0.3) is 0 Å². The molecule has 1 aliphatic rings. The average Bonchev–Trinajstić information content (AvgIpc) is 2.94. The van der Waals surface area contributed by atoms with E-state index in [0.717, 1.165) is 25.4 Å². The van der Waals surface area contributed by atoms with Gasteiger partial charge in [-0.3, -0.25) is 4.68 Å². The Morgan fingerprint density at radius 1 is 1.30 bits per heavy atom. The molecule has 0 aromatic carbocycles. The van der Waals surface area contributed by atoms with Crippen molar-refractivity contribution in [3.8, 4) is 0 Å². The molecule has 3 heteroatoms. The van der Waals surface area contributed by atoms with Crippen molar-refractivity contribution in [2.24, 2.45) is 5.92 Å². The van der Waals surface area contributed by atoms with E-state index in [0.29, 0.717) is 6.04 Å². The van der Waals surface area contributed by atoms with Crippen molar-refractivity contribution in [2.75, 3.05) is 13.1 Å². The average molecular weight is 277 g/mol. The lowest BCUT2D eigenvalue weighted by Gasteiger charge is -2.22. The lowest BCUT2D eigenvalue weighted by Crippen LogP contribution is -2.24. The van der Waals surface area contributed by atoms with Crippen molar-refractivity contribution in [3.63, 3.8) is 0 Å². The fourth-order valence-electron chi connectivity index (χ4n) is 3.36. The molecule has 0 amide bonds. The first-order valence-electron chi connectivity index (χ1n) is 8.58. The van der Waals surface area contributed by atoms with Gasteiger partial charge in [0, 0.05) is 6.20 Å². The number of hydrogen-bond donors (Lipinski definition) is 1. The third-order valence-corrected chi connectivity index (χ3v) is 4.49. The van der Waals surface area contributed by atoms with Gasteiger partial charge < -0.3 is 5.32 Å². The summed E-state index contributed by atoms with van der Waals surface area (Å²) in [6.07, 6.45) is 12.7. The van der Waals surface area contributed by atoms with E-state index in [1.165, 1.54) is 50.6 Å². The first-order chi connectivity index (χ1) is 9.83. The van der Waals surface area contributed by atoms with Crippen molar-refractivity contribution < 1.29 is 0 Å². The topological polar surface area (TPSA) is 29.9 Å². The van der Waals surface area contributed by atoms with Gasteiger partial charge in [0.2, 0.25) is 0 Å². The zero-order valence-corrected chi connectivity index (χ0v) is 13.3. The first kappa shape index (κ1) is 15.6. The largest absolute Gasteiger partial charge is 0.317 e. The maximum atomic E-state index is 4.85. The highest BCUT2D eigenvalue weighted by Gasteiger charge is 2.17. The van der Waals surface area contributed by atoms with E-state index in [9.17, 15) is 0 Å². The molecule has 0 saturated heterocycles. The van der Waals surface area contributed by atoms with Crippen LogP contribution in [0.5, 0.6) is 0 Å². The minimum absolute atomic E-state index is 0.663. The molecule has 1 unspecified atom stereocenters. The van der Waals surface area contributed by atoms with Crippen LogP contribution in [-0.2, 0) is 6.42 Å². The predicted molar refractivity (Wildman–Crippen MR) is 85.0 cm³/mol. The smallest absolute Gasteiger partial charge is 0.0627 e. The van der Waals surface area contributed by atoms with E-state index in [1.54, 1.807) is 0 Å². The summed E-state index contributed by atoms with van der Waals surface area (Å²) in [6, 6.07) is 2.90. The second-order valence-corrected chi connectivity index (χ2v) is 6.25. The van der Waals surface area contributed by atoms with Crippen LogP contribution in [0.1, 0.15) is 70.5 Å². The Balaban J connectivity index is 1.89. The summed E-state index contributed by atoms with van der Waals surface area (Å²) in [5, 5.41) is 8.34. The fourth-order valence-corrected chi connectivity index (χ4v) is 3.36. The number of rotatable bonds is 8. The number of nitrogens with zero attached hydrogens (tertiary/aromatic N) is 2. The summed E-state index contributed by atoms with van der Waals surface area (Å²) in [4.78, 5) is 0. The molecule has 0 aliphatic heterocycles. The fraction of sp³-hybridized carbons (Fsp3) is 0.824. The second-order valence-electron chi connectivity index (χ2n) is 6.25. The molecule has 20 heavy (non-hydrogen) atoms. The van der Waals surface area contributed by atoms with Crippen LogP contribution in [0.3, 0.4) is 0 Å². The normalized spacial score (nSPS) is 18.3. The maximum absolute atomic E-state index is 4.85. The molecular formula is C17H31N3. The molecule has 2 rings (SSSR count). The van der Waals surface area contributed by atoms with Gasteiger partial charge in [0.15, 0.2) is 0 Å². The Labute approximate surface area is 124 Å². The molecule has 1 saturated carbocycles. The van der Waals surface area contributed by atoms with Gasteiger partial charge in [-0.1, -0.05) is 39.5 Å². The molecule has 1 heterocycles. The molecule has 1 aromatic heterocycles. The van der Waals surface area contributed by atoms with Crippen molar-refractivity contribution in [3.05, 3.63) is 18.0 Å². The molecule has 114 valence electrons. The van der Waals surface area contributed by atoms with E-state index in [4.69, 9.17) is 5.10 Å². The quantitative estimate of drug-likeness (QED) is 0.779. The summed E-state index contributed by atoms with van der Waals surface area (Å²) in [6.45, 7) is 6.65. The molecule has 3 nitrogen and oxygen atoms in total. The summed E-state index contributed by atoms with van der Waals surface area (Å²) in [5.74, 6) is 0.731. The maximum Gasteiger partial charge on any atom is 0.0627 e. The van der Waals surface area contributed by atoms with Crippen LogP contribution >= 0.6 is 0 Å². The zero-order valence-electron chi connectivity index (χ0n) is 13.3. The molecule has 1 atom stereocenters. The van der Waals surface area contributed by atoms with E-state index >= 15 is 0 Å². The SMILES string of the molecule is CCCC(CNCC)Cc1ccn(C2CCCCC2)n1. The van der Waals surface area contributed by atoms with Gasteiger partial charge in [-0.2, -0.15) is 5.10 Å². The van der Waals surface area contributed by atoms with E-state index in [-0.39, 0.29) is 0 Å². The Morgan fingerprint density at radius 3 is 2.80 bits per heavy atom. The van der Waals surface area contributed by atoms with Crippen LogP contribution in [-0.4, -0.2) is 22.9 Å². The van der Waals surface area contributed by atoms with E-state index in [1.807, 2.05) is 0 Å². The highest BCUT2D eigenvalue weighted by molar-refractivity contribution is 5.01. The number of nitrogens with one attached hydrogen (secondary N) is 1. The minimum Gasteiger partial charge on any atom is -0.317 e. The number of hydrogen-bond acceptors (Lipinski definition) is 2. The first-order valence-corrected chi connectivity index (χ1v) is 8.58. The molecule has 0 bridgehead atoms. The summed E-state index contributed by atoms with van der Waals surface area (Å²) >= 11 is 0.